The minimum Gasteiger partial charge on any atom is -0.379 e. The molecule has 0 spiro atoms. The highest BCUT2D eigenvalue weighted by atomic mass is 32.1. The first kappa shape index (κ1) is 15.4. The first-order valence-electron chi connectivity index (χ1n) is 7.09. The van der Waals surface area contributed by atoms with Crippen LogP contribution in [-0.2, 0) is 4.74 Å². The molecule has 0 radical (unpaired) electrons. The largest absolute Gasteiger partial charge is 0.379 e. The van der Waals surface area contributed by atoms with Crippen LogP contribution < -0.4 is 5.32 Å². The predicted octanol–water partition coefficient (Wildman–Crippen LogP) is 1.54. The van der Waals surface area contributed by atoms with Crippen LogP contribution in [0.4, 0.5) is 0 Å². The number of nitrogens with one attached hydrogen (secondary N) is 1. The number of aromatic nitrogens is 1. The van der Waals surface area contributed by atoms with Gasteiger partial charge in [-0.2, -0.15) is 0 Å². The van der Waals surface area contributed by atoms with E-state index in [2.05, 4.69) is 29.0 Å². The van der Waals surface area contributed by atoms with E-state index >= 15 is 0 Å². The zero-order valence-electron chi connectivity index (χ0n) is 12.4. The molecular formula is C14H23N3O2S. The van der Waals surface area contributed by atoms with Crippen molar-refractivity contribution in [3.8, 4) is 0 Å². The number of aryl methyl sites for hydroxylation is 1. The molecule has 5 nitrogen and oxygen atoms in total. The van der Waals surface area contributed by atoms with Crippen LogP contribution in [0.1, 0.15) is 29.2 Å². The summed E-state index contributed by atoms with van der Waals surface area (Å²) in [6.45, 7) is 10.4. The summed E-state index contributed by atoms with van der Waals surface area (Å²) in [6, 6.07) is 0.357. The first-order chi connectivity index (χ1) is 9.59. The number of hydrogen-bond acceptors (Lipinski definition) is 5. The van der Waals surface area contributed by atoms with Gasteiger partial charge in [0.2, 0.25) is 0 Å². The Balaban J connectivity index is 1.92. The Labute approximate surface area is 124 Å². The molecule has 1 N–H and O–H groups in total. The van der Waals surface area contributed by atoms with Gasteiger partial charge in [0.15, 0.2) is 0 Å². The molecule has 1 atom stereocenters. The van der Waals surface area contributed by atoms with Crippen molar-refractivity contribution in [3.63, 3.8) is 0 Å². The van der Waals surface area contributed by atoms with E-state index in [0.29, 0.717) is 18.5 Å². The molecule has 1 aliphatic heterocycles. The molecule has 0 aromatic carbocycles. The van der Waals surface area contributed by atoms with Crippen LogP contribution in [-0.4, -0.2) is 54.7 Å². The van der Waals surface area contributed by atoms with Gasteiger partial charge < -0.3 is 10.1 Å². The first-order valence-corrected chi connectivity index (χ1v) is 7.97. The second-order valence-electron chi connectivity index (χ2n) is 5.44. The third-order valence-electron chi connectivity index (χ3n) is 3.71. The van der Waals surface area contributed by atoms with E-state index in [0.717, 1.165) is 36.9 Å². The van der Waals surface area contributed by atoms with Crippen LogP contribution in [0, 0.1) is 12.8 Å². The summed E-state index contributed by atoms with van der Waals surface area (Å²) in [7, 11) is 0. The van der Waals surface area contributed by atoms with Crippen molar-refractivity contribution >= 4 is 17.2 Å². The summed E-state index contributed by atoms with van der Waals surface area (Å²) in [5.74, 6) is 0.486. The van der Waals surface area contributed by atoms with Gasteiger partial charge in [-0.25, -0.2) is 4.98 Å². The van der Waals surface area contributed by atoms with Gasteiger partial charge in [-0.3, -0.25) is 9.69 Å². The lowest BCUT2D eigenvalue weighted by Crippen LogP contribution is -2.51. The van der Waals surface area contributed by atoms with Gasteiger partial charge in [0.1, 0.15) is 4.88 Å². The average Bonchev–Trinajstić information content (AvgIpc) is 2.86. The summed E-state index contributed by atoms with van der Waals surface area (Å²) < 4.78 is 5.39. The molecular weight excluding hydrogens is 274 g/mol. The Hall–Kier alpha value is -0.980. The number of morpholine rings is 1. The van der Waals surface area contributed by atoms with Crippen molar-refractivity contribution in [1.82, 2.24) is 15.2 Å². The van der Waals surface area contributed by atoms with Crippen molar-refractivity contribution in [2.75, 3.05) is 32.8 Å². The molecule has 0 unspecified atom stereocenters. The lowest BCUT2D eigenvalue weighted by atomic mass is 10.0. The highest BCUT2D eigenvalue weighted by Crippen LogP contribution is 2.14. The Kier molecular flexibility index (Phi) is 5.51. The second-order valence-corrected chi connectivity index (χ2v) is 6.29. The molecule has 2 heterocycles. The topological polar surface area (TPSA) is 54.5 Å². The van der Waals surface area contributed by atoms with Gasteiger partial charge in [-0.1, -0.05) is 13.8 Å². The molecule has 1 aromatic rings. The molecule has 0 aliphatic carbocycles. The number of hydrogen-bond donors (Lipinski definition) is 1. The van der Waals surface area contributed by atoms with Crippen molar-refractivity contribution in [3.05, 3.63) is 16.1 Å². The summed E-state index contributed by atoms with van der Waals surface area (Å²) >= 11 is 1.40. The molecule has 1 fully saturated rings. The molecule has 1 aromatic heterocycles. The number of carbonyl (C=O) groups is 1. The SMILES string of the molecule is Cc1ncsc1C(=O)NC[C@H](C(C)C)N1CCOCC1. The maximum Gasteiger partial charge on any atom is 0.263 e. The summed E-state index contributed by atoms with van der Waals surface area (Å²) in [4.78, 5) is 19.4. The van der Waals surface area contributed by atoms with Crippen LogP contribution in [0.3, 0.4) is 0 Å². The minimum absolute atomic E-state index is 0.0103. The number of ether oxygens (including phenoxy) is 1. The maximum atomic E-state index is 12.2. The van der Waals surface area contributed by atoms with Crippen LogP contribution >= 0.6 is 11.3 Å². The summed E-state index contributed by atoms with van der Waals surface area (Å²) in [5.41, 5.74) is 2.52. The Morgan fingerprint density at radius 2 is 2.20 bits per heavy atom. The fraction of sp³-hybridized carbons (Fsp3) is 0.714. The quantitative estimate of drug-likeness (QED) is 0.896. The summed E-state index contributed by atoms with van der Waals surface area (Å²) in [5, 5.41) is 3.05. The van der Waals surface area contributed by atoms with Crippen molar-refractivity contribution in [1.29, 1.82) is 0 Å². The van der Waals surface area contributed by atoms with Gasteiger partial charge >= 0.3 is 0 Å². The average molecular weight is 297 g/mol. The van der Waals surface area contributed by atoms with Crippen LogP contribution in [0.5, 0.6) is 0 Å². The number of amides is 1. The standard InChI is InChI=1S/C14H23N3O2S/c1-10(2)12(17-4-6-19-7-5-17)8-15-14(18)13-11(3)16-9-20-13/h9-10,12H,4-8H2,1-3H3,(H,15,18)/t12-/m1/s1. The van der Waals surface area contributed by atoms with Gasteiger partial charge in [0.05, 0.1) is 24.4 Å². The highest BCUT2D eigenvalue weighted by molar-refractivity contribution is 7.11. The zero-order valence-corrected chi connectivity index (χ0v) is 13.2. The van der Waals surface area contributed by atoms with E-state index in [9.17, 15) is 4.79 Å². The van der Waals surface area contributed by atoms with E-state index in [1.165, 1.54) is 11.3 Å². The number of rotatable bonds is 5. The molecule has 112 valence electrons. The van der Waals surface area contributed by atoms with Crippen molar-refractivity contribution < 1.29 is 9.53 Å². The number of nitrogens with zero attached hydrogens (tertiary/aromatic N) is 2. The maximum absolute atomic E-state index is 12.2. The Morgan fingerprint density at radius 3 is 2.75 bits per heavy atom. The molecule has 0 saturated carbocycles. The number of carbonyl (C=O) groups excluding carboxylic acids is 1. The summed E-state index contributed by atoms with van der Waals surface area (Å²) in [6.07, 6.45) is 0. The van der Waals surface area contributed by atoms with E-state index < -0.39 is 0 Å². The molecule has 1 saturated heterocycles. The van der Waals surface area contributed by atoms with E-state index in [4.69, 9.17) is 4.74 Å². The van der Waals surface area contributed by atoms with Gasteiger partial charge in [0.25, 0.3) is 5.91 Å². The minimum atomic E-state index is -0.0103. The van der Waals surface area contributed by atoms with Gasteiger partial charge in [0, 0.05) is 25.7 Å². The fourth-order valence-corrected chi connectivity index (χ4v) is 3.21. The van der Waals surface area contributed by atoms with Gasteiger partial charge in [-0.05, 0) is 12.8 Å². The number of thiazole rings is 1. The normalized spacial score (nSPS) is 18.2. The van der Waals surface area contributed by atoms with Crippen molar-refractivity contribution in [2.24, 2.45) is 5.92 Å². The van der Waals surface area contributed by atoms with Crippen LogP contribution in [0.2, 0.25) is 0 Å². The smallest absolute Gasteiger partial charge is 0.263 e. The second kappa shape index (κ2) is 7.15. The molecule has 2 rings (SSSR count). The zero-order chi connectivity index (χ0) is 14.5. The molecule has 6 heteroatoms. The molecule has 1 aliphatic rings. The third-order valence-corrected chi connectivity index (χ3v) is 4.64. The lowest BCUT2D eigenvalue weighted by Gasteiger charge is -2.36. The Morgan fingerprint density at radius 1 is 1.50 bits per heavy atom. The van der Waals surface area contributed by atoms with Crippen LogP contribution in [0.25, 0.3) is 0 Å². The predicted molar refractivity (Wildman–Crippen MR) is 80.2 cm³/mol. The lowest BCUT2D eigenvalue weighted by molar-refractivity contribution is 0.00673. The third kappa shape index (κ3) is 3.77. The van der Waals surface area contributed by atoms with E-state index in [1.807, 2.05) is 6.92 Å². The Bertz CT molecular complexity index is 441. The molecule has 20 heavy (non-hydrogen) atoms. The van der Waals surface area contributed by atoms with E-state index in [-0.39, 0.29) is 5.91 Å². The molecule has 1 amide bonds. The van der Waals surface area contributed by atoms with E-state index in [1.54, 1.807) is 5.51 Å². The highest BCUT2D eigenvalue weighted by Gasteiger charge is 2.24. The monoisotopic (exact) mass is 297 g/mol. The van der Waals surface area contributed by atoms with Crippen LogP contribution in [0.15, 0.2) is 5.51 Å². The van der Waals surface area contributed by atoms with Crippen molar-refractivity contribution in [2.45, 2.75) is 26.8 Å². The molecule has 0 bridgehead atoms. The van der Waals surface area contributed by atoms with Gasteiger partial charge in [-0.15, -0.1) is 11.3 Å². The fourth-order valence-electron chi connectivity index (χ4n) is 2.49.